The third-order valence-corrected chi connectivity index (χ3v) is 4.04. The Kier molecular flexibility index (Phi) is 6.86. The Morgan fingerprint density at radius 2 is 1.85 bits per heavy atom. The van der Waals surface area contributed by atoms with Crippen LogP contribution in [0.3, 0.4) is 0 Å². The van der Waals surface area contributed by atoms with Crippen LogP contribution in [-0.2, 0) is 11.3 Å². The zero-order chi connectivity index (χ0) is 24.0. The summed E-state index contributed by atoms with van der Waals surface area (Å²) in [5.41, 5.74) is 11.1. The first-order chi connectivity index (χ1) is 15.6. The van der Waals surface area contributed by atoms with Crippen LogP contribution in [0, 0.1) is 0 Å². The minimum atomic E-state index is -0.763. The van der Waals surface area contributed by atoms with Crippen molar-refractivity contribution in [2.24, 2.45) is 0 Å². The lowest BCUT2D eigenvalue weighted by molar-refractivity contribution is 0.0483. The molecule has 0 aliphatic heterocycles. The van der Waals surface area contributed by atoms with Gasteiger partial charge < -0.3 is 15.8 Å². The van der Waals surface area contributed by atoms with E-state index in [0.29, 0.717) is 17.8 Å². The fourth-order valence-electron chi connectivity index (χ4n) is 2.71. The van der Waals surface area contributed by atoms with Crippen molar-refractivity contribution in [1.29, 1.82) is 0 Å². The zero-order valence-electron chi connectivity index (χ0n) is 18.3. The second kappa shape index (κ2) is 9.77. The topological polar surface area (TPSA) is 166 Å². The van der Waals surface area contributed by atoms with Crippen LogP contribution in [0.1, 0.15) is 47.2 Å². The Hall–Kier alpha value is -4.48. The molecule has 0 aliphatic carbocycles. The number of carbonyl (C=O) groups excluding carboxylic acids is 3. The van der Waals surface area contributed by atoms with Gasteiger partial charge in [0, 0.05) is 24.2 Å². The number of anilines is 2. The van der Waals surface area contributed by atoms with E-state index in [-0.39, 0.29) is 11.5 Å². The number of nitrogen functional groups attached to an aromatic ring is 1. The van der Waals surface area contributed by atoms with Gasteiger partial charge in [-0.3, -0.25) is 19.7 Å². The number of carbonyl (C=O) groups is 3. The Morgan fingerprint density at radius 3 is 2.58 bits per heavy atom. The van der Waals surface area contributed by atoms with Gasteiger partial charge in [0.05, 0.1) is 18.4 Å². The highest BCUT2D eigenvalue weighted by Crippen LogP contribution is 2.12. The smallest absolute Gasteiger partial charge is 0.426 e. The number of hydrogen-bond acceptors (Lipinski definition) is 8. The number of ether oxygens (including phenoxy) is 1. The first-order valence-electron chi connectivity index (χ1n) is 9.89. The molecule has 0 radical (unpaired) electrons. The molecule has 33 heavy (non-hydrogen) atoms. The lowest BCUT2D eigenvalue weighted by Gasteiger charge is -2.19. The monoisotopic (exact) mass is 452 g/mol. The van der Waals surface area contributed by atoms with Gasteiger partial charge in [0.2, 0.25) is 0 Å². The average Bonchev–Trinajstić information content (AvgIpc) is 3.17. The predicted octanol–water partition coefficient (Wildman–Crippen LogP) is 1.73. The number of hydrazine groups is 1. The molecule has 12 nitrogen and oxygen atoms in total. The molecule has 0 saturated carbocycles. The molecule has 0 aliphatic rings. The largest absolute Gasteiger partial charge is 0.443 e. The van der Waals surface area contributed by atoms with Crippen molar-refractivity contribution in [3.63, 3.8) is 0 Å². The molecular weight excluding hydrogens is 428 g/mol. The summed E-state index contributed by atoms with van der Waals surface area (Å²) in [4.78, 5) is 44.1. The van der Waals surface area contributed by atoms with Crippen molar-refractivity contribution >= 4 is 29.4 Å². The normalized spacial score (nSPS) is 10.9. The summed E-state index contributed by atoms with van der Waals surface area (Å²) in [7, 11) is 0. The molecule has 12 heteroatoms. The summed E-state index contributed by atoms with van der Waals surface area (Å²) in [6.07, 6.45) is 5.11. The molecule has 0 saturated heterocycles. The van der Waals surface area contributed by atoms with Gasteiger partial charge in [-0.05, 0) is 38.5 Å². The van der Waals surface area contributed by atoms with E-state index in [9.17, 15) is 14.4 Å². The third kappa shape index (κ3) is 6.75. The van der Waals surface area contributed by atoms with Crippen LogP contribution in [0.15, 0.2) is 49.1 Å². The van der Waals surface area contributed by atoms with Crippen molar-refractivity contribution < 1.29 is 19.1 Å². The quantitative estimate of drug-likeness (QED) is 0.425. The van der Waals surface area contributed by atoms with E-state index in [1.165, 1.54) is 18.6 Å². The zero-order valence-corrected chi connectivity index (χ0v) is 18.3. The number of rotatable bonds is 5. The molecule has 3 aromatic rings. The van der Waals surface area contributed by atoms with Crippen LogP contribution in [0.4, 0.5) is 16.3 Å². The lowest BCUT2D eigenvalue weighted by Crippen LogP contribution is -2.44. The van der Waals surface area contributed by atoms with Crippen molar-refractivity contribution in [1.82, 2.24) is 30.6 Å². The Bertz CT molecular complexity index is 1170. The SMILES string of the molecule is CC(C)(C)OC(=O)NNC(=O)c1cccc(Cn2cc(NC(=O)c3nccnc3N)cn2)c1. The molecule has 2 aromatic heterocycles. The van der Waals surface area contributed by atoms with Gasteiger partial charge in [-0.2, -0.15) is 5.10 Å². The standard InChI is InChI=1S/C21H24N8O4/c1-21(2,3)33-20(32)28-27-18(30)14-6-4-5-13(9-14)11-29-12-15(10-25-29)26-19(31)16-17(22)24-8-7-23-16/h4-10,12H,11H2,1-3H3,(H2,22,24)(H,26,31)(H,27,30)(H,28,32). The Balaban J connectivity index is 1.59. The van der Waals surface area contributed by atoms with Gasteiger partial charge in [0.25, 0.3) is 11.8 Å². The molecule has 0 atom stereocenters. The van der Waals surface area contributed by atoms with Crippen LogP contribution in [0.2, 0.25) is 0 Å². The third-order valence-electron chi connectivity index (χ3n) is 4.04. The fourth-order valence-corrected chi connectivity index (χ4v) is 2.71. The minimum Gasteiger partial charge on any atom is -0.443 e. The summed E-state index contributed by atoms with van der Waals surface area (Å²) < 4.78 is 6.66. The molecule has 3 rings (SSSR count). The van der Waals surface area contributed by atoms with Crippen molar-refractivity contribution in [3.8, 4) is 0 Å². The van der Waals surface area contributed by atoms with E-state index in [4.69, 9.17) is 10.5 Å². The Labute approximate surface area is 189 Å². The molecule has 172 valence electrons. The second-order valence-corrected chi connectivity index (χ2v) is 7.95. The molecule has 1 aromatic carbocycles. The van der Waals surface area contributed by atoms with Gasteiger partial charge in [-0.15, -0.1) is 0 Å². The van der Waals surface area contributed by atoms with Crippen LogP contribution >= 0.6 is 0 Å². The van der Waals surface area contributed by atoms with Crippen LogP contribution < -0.4 is 21.9 Å². The highest BCUT2D eigenvalue weighted by atomic mass is 16.6. The summed E-state index contributed by atoms with van der Waals surface area (Å²) in [5.74, 6) is -0.979. The molecule has 0 fully saturated rings. The van der Waals surface area contributed by atoms with E-state index in [2.05, 4.69) is 31.2 Å². The highest BCUT2D eigenvalue weighted by Gasteiger charge is 2.17. The van der Waals surface area contributed by atoms with Crippen molar-refractivity contribution in [2.45, 2.75) is 32.9 Å². The maximum absolute atomic E-state index is 12.3. The maximum atomic E-state index is 12.3. The van der Waals surface area contributed by atoms with Gasteiger partial charge in [0.1, 0.15) is 5.60 Å². The average molecular weight is 452 g/mol. The van der Waals surface area contributed by atoms with Crippen LogP contribution in [-0.4, -0.2) is 43.3 Å². The van der Waals surface area contributed by atoms with E-state index < -0.39 is 23.5 Å². The minimum absolute atomic E-state index is 0.0176. The van der Waals surface area contributed by atoms with E-state index in [0.717, 1.165) is 5.56 Å². The summed E-state index contributed by atoms with van der Waals surface area (Å²) in [6, 6.07) is 6.79. The van der Waals surface area contributed by atoms with Crippen LogP contribution in [0.25, 0.3) is 0 Å². The molecule has 5 N–H and O–H groups in total. The molecule has 0 bridgehead atoms. The van der Waals surface area contributed by atoms with Gasteiger partial charge in [-0.1, -0.05) is 12.1 Å². The predicted molar refractivity (Wildman–Crippen MR) is 119 cm³/mol. The van der Waals surface area contributed by atoms with Crippen molar-refractivity contribution in [3.05, 3.63) is 65.9 Å². The molecule has 3 amide bonds. The summed E-state index contributed by atoms with van der Waals surface area (Å²) >= 11 is 0. The first-order valence-corrected chi connectivity index (χ1v) is 9.89. The number of hydrogen-bond donors (Lipinski definition) is 4. The van der Waals surface area contributed by atoms with E-state index in [1.54, 1.807) is 49.8 Å². The van der Waals surface area contributed by atoms with E-state index >= 15 is 0 Å². The lowest BCUT2D eigenvalue weighted by atomic mass is 10.1. The molecule has 0 unspecified atom stereocenters. The number of nitrogens with one attached hydrogen (secondary N) is 3. The number of aromatic nitrogens is 4. The second-order valence-electron chi connectivity index (χ2n) is 7.95. The van der Waals surface area contributed by atoms with Gasteiger partial charge >= 0.3 is 6.09 Å². The van der Waals surface area contributed by atoms with Gasteiger partial charge in [-0.25, -0.2) is 20.2 Å². The van der Waals surface area contributed by atoms with E-state index in [1.807, 2.05) is 6.07 Å². The summed E-state index contributed by atoms with van der Waals surface area (Å²) in [5, 5.41) is 6.87. The molecular formula is C21H24N8O4. The maximum Gasteiger partial charge on any atom is 0.426 e. The first kappa shape index (κ1) is 23.2. The molecule has 2 heterocycles. The van der Waals surface area contributed by atoms with Crippen LogP contribution in [0.5, 0.6) is 0 Å². The number of nitrogens with two attached hydrogens (primary N) is 1. The molecule has 0 spiro atoms. The van der Waals surface area contributed by atoms with Gasteiger partial charge in [0.15, 0.2) is 11.5 Å². The summed E-state index contributed by atoms with van der Waals surface area (Å²) in [6.45, 7) is 5.49. The highest BCUT2D eigenvalue weighted by molar-refractivity contribution is 6.05. The number of amides is 3. The Morgan fingerprint density at radius 1 is 1.09 bits per heavy atom. The van der Waals surface area contributed by atoms with Crippen molar-refractivity contribution in [2.75, 3.05) is 11.1 Å². The number of nitrogens with zero attached hydrogens (tertiary/aromatic N) is 4. The number of benzene rings is 1. The fraction of sp³-hybridized carbons (Fsp3) is 0.238.